The lowest BCUT2D eigenvalue weighted by molar-refractivity contribution is -0.384. The summed E-state index contributed by atoms with van der Waals surface area (Å²) in [5.41, 5.74) is -0.538. The molecule has 1 rings (SSSR count). The molecule has 0 radical (unpaired) electrons. The molecule has 1 aromatic rings. The minimum absolute atomic E-state index is 0.0214. The number of aliphatic hydroxyl groups excluding tert-OH is 1. The Labute approximate surface area is 109 Å². The largest absolute Gasteiger partial charge is 0.477 e. The third-order valence-electron chi connectivity index (χ3n) is 2.53. The summed E-state index contributed by atoms with van der Waals surface area (Å²) in [4.78, 5) is 24.7. The van der Waals surface area contributed by atoms with Crippen molar-refractivity contribution in [2.45, 2.75) is 13.3 Å². The van der Waals surface area contributed by atoms with Gasteiger partial charge in [-0.3, -0.25) is 10.1 Å². The molecule has 1 heterocycles. The van der Waals surface area contributed by atoms with Crippen molar-refractivity contribution >= 4 is 17.5 Å². The van der Waals surface area contributed by atoms with E-state index in [2.05, 4.69) is 10.3 Å². The highest BCUT2D eigenvalue weighted by Gasteiger charge is 2.18. The van der Waals surface area contributed by atoms with E-state index in [4.69, 9.17) is 10.2 Å². The number of aromatic carboxylic acids is 1. The fourth-order valence-electron chi connectivity index (χ4n) is 1.44. The Kier molecular flexibility index (Phi) is 5.19. The van der Waals surface area contributed by atoms with Crippen molar-refractivity contribution in [1.29, 1.82) is 0 Å². The summed E-state index contributed by atoms with van der Waals surface area (Å²) >= 11 is 0. The van der Waals surface area contributed by atoms with Crippen LogP contribution in [-0.2, 0) is 0 Å². The third-order valence-corrected chi connectivity index (χ3v) is 2.53. The van der Waals surface area contributed by atoms with E-state index in [9.17, 15) is 14.9 Å². The maximum absolute atomic E-state index is 10.8. The zero-order chi connectivity index (χ0) is 14.4. The zero-order valence-electron chi connectivity index (χ0n) is 10.4. The molecule has 8 heteroatoms. The summed E-state index contributed by atoms with van der Waals surface area (Å²) in [6.45, 7) is 2.24. The Hall–Kier alpha value is -2.22. The lowest BCUT2D eigenvalue weighted by Crippen LogP contribution is -2.15. The number of nitrogens with one attached hydrogen (secondary N) is 1. The van der Waals surface area contributed by atoms with Gasteiger partial charge in [-0.05, 0) is 18.4 Å². The number of carboxylic acid groups (broad SMARTS) is 1. The van der Waals surface area contributed by atoms with Gasteiger partial charge in [0.1, 0.15) is 0 Å². The molecule has 19 heavy (non-hydrogen) atoms. The Morgan fingerprint density at radius 1 is 1.58 bits per heavy atom. The Morgan fingerprint density at radius 3 is 2.79 bits per heavy atom. The molecular formula is C11H15N3O5. The molecule has 0 aliphatic heterocycles. The van der Waals surface area contributed by atoms with E-state index in [1.807, 2.05) is 6.92 Å². The lowest BCUT2D eigenvalue weighted by Gasteiger charge is -2.11. The van der Waals surface area contributed by atoms with Gasteiger partial charge in [-0.25, -0.2) is 9.78 Å². The maximum Gasteiger partial charge on any atom is 0.354 e. The predicted molar refractivity (Wildman–Crippen MR) is 67.2 cm³/mol. The number of nitro groups is 1. The Bertz CT molecular complexity index is 477. The number of hydrogen-bond donors (Lipinski definition) is 3. The molecule has 8 nitrogen and oxygen atoms in total. The number of rotatable bonds is 7. The van der Waals surface area contributed by atoms with Crippen LogP contribution in [0.4, 0.5) is 11.5 Å². The second kappa shape index (κ2) is 6.64. The summed E-state index contributed by atoms with van der Waals surface area (Å²) in [5, 5.41) is 31.1. The predicted octanol–water partition coefficient (Wildman–Crippen LogP) is 1.12. The molecule has 104 valence electrons. The number of anilines is 1. The molecule has 0 bridgehead atoms. The Balaban J connectivity index is 2.91. The van der Waals surface area contributed by atoms with E-state index in [-0.39, 0.29) is 29.7 Å². The lowest BCUT2D eigenvalue weighted by atomic mass is 10.1. The number of carboxylic acids is 1. The first-order valence-corrected chi connectivity index (χ1v) is 5.69. The van der Waals surface area contributed by atoms with E-state index >= 15 is 0 Å². The van der Waals surface area contributed by atoms with Crippen molar-refractivity contribution in [1.82, 2.24) is 4.98 Å². The third kappa shape index (κ3) is 4.18. The molecule has 0 aromatic carbocycles. The van der Waals surface area contributed by atoms with Crippen molar-refractivity contribution in [3.05, 3.63) is 27.9 Å². The molecular weight excluding hydrogens is 254 g/mol. The highest BCUT2D eigenvalue weighted by Crippen LogP contribution is 2.22. The molecule has 1 atom stereocenters. The maximum atomic E-state index is 10.8. The molecule has 1 aromatic heterocycles. The molecule has 0 aliphatic carbocycles. The first-order chi connectivity index (χ1) is 8.95. The Morgan fingerprint density at radius 2 is 2.26 bits per heavy atom. The van der Waals surface area contributed by atoms with Gasteiger partial charge in [-0.2, -0.15) is 0 Å². The van der Waals surface area contributed by atoms with Crippen LogP contribution in [0.15, 0.2) is 12.1 Å². The van der Waals surface area contributed by atoms with Crippen LogP contribution in [-0.4, -0.2) is 39.2 Å². The van der Waals surface area contributed by atoms with Gasteiger partial charge in [0.05, 0.1) is 4.92 Å². The summed E-state index contributed by atoms with van der Waals surface area (Å²) < 4.78 is 0. The first-order valence-electron chi connectivity index (χ1n) is 5.69. The summed E-state index contributed by atoms with van der Waals surface area (Å²) in [5.74, 6) is -1.24. The van der Waals surface area contributed by atoms with Gasteiger partial charge >= 0.3 is 11.7 Å². The van der Waals surface area contributed by atoms with E-state index < -0.39 is 10.9 Å². The molecule has 0 fully saturated rings. The van der Waals surface area contributed by atoms with E-state index in [1.54, 1.807) is 0 Å². The van der Waals surface area contributed by atoms with Crippen molar-refractivity contribution in [3.8, 4) is 0 Å². The van der Waals surface area contributed by atoms with Crippen molar-refractivity contribution in [2.75, 3.05) is 18.5 Å². The van der Waals surface area contributed by atoms with Gasteiger partial charge in [0, 0.05) is 19.2 Å². The van der Waals surface area contributed by atoms with Crippen LogP contribution in [0.3, 0.4) is 0 Å². The minimum Gasteiger partial charge on any atom is -0.477 e. The molecule has 0 amide bonds. The standard InChI is InChI=1S/C11H15N3O5/c1-7(4-5-15)6-12-10-9(14(18)19)3-2-8(13-10)11(16)17/h2-3,7,15H,4-6H2,1H3,(H,12,13)(H,16,17). The van der Waals surface area contributed by atoms with E-state index in [0.717, 1.165) is 12.1 Å². The van der Waals surface area contributed by atoms with Crippen LogP contribution >= 0.6 is 0 Å². The van der Waals surface area contributed by atoms with Gasteiger partial charge in [0.15, 0.2) is 5.69 Å². The van der Waals surface area contributed by atoms with Crippen molar-refractivity contribution < 1.29 is 19.9 Å². The van der Waals surface area contributed by atoms with Crippen molar-refractivity contribution in [3.63, 3.8) is 0 Å². The number of aliphatic hydroxyl groups is 1. The monoisotopic (exact) mass is 269 g/mol. The SMILES string of the molecule is CC(CCO)CNc1nc(C(=O)O)ccc1[N+](=O)[O-]. The van der Waals surface area contributed by atoms with Gasteiger partial charge in [0.2, 0.25) is 5.82 Å². The number of nitrogens with zero attached hydrogens (tertiary/aromatic N) is 2. The molecule has 0 spiro atoms. The molecule has 1 unspecified atom stereocenters. The second-order valence-electron chi connectivity index (χ2n) is 4.12. The summed E-state index contributed by atoms with van der Waals surface area (Å²) in [6.07, 6.45) is 0.541. The molecule has 0 saturated carbocycles. The normalized spacial score (nSPS) is 11.9. The zero-order valence-corrected chi connectivity index (χ0v) is 10.4. The van der Waals surface area contributed by atoms with Crippen LogP contribution in [0.2, 0.25) is 0 Å². The highest BCUT2D eigenvalue weighted by atomic mass is 16.6. The molecule has 0 saturated heterocycles. The van der Waals surface area contributed by atoms with Crippen molar-refractivity contribution in [2.24, 2.45) is 5.92 Å². The van der Waals surface area contributed by atoms with Crippen LogP contribution < -0.4 is 5.32 Å². The van der Waals surface area contributed by atoms with E-state index in [0.29, 0.717) is 13.0 Å². The summed E-state index contributed by atoms with van der Waals surface area (Å²) in [7, 11) is 0. The number of pyridine rings is 1. The average molecular weight is 269 g/mol. The van der Waals surface area contributed by atoms with Gasteiger partial charge in [-0.1, -0.05) is 6.92 Å². The molecule has 3 N–H and O–H groups in total. The van der Waals surface area contributed by atoms with Gasteiger partial charge < -0.3 is 15.5 Å². The summed E-state index contributed by atoms with van der Waals surface area (Å²) in [6, 6.07) is 2.19. The topological polar surface area (TPSA) is 126 Å². The second-order valence-corrected chi connectivity index (χ2v) is 4.12. The highest BCUT2D eigenvalue weighted by molar-refractivity contribution is 5.86. The van der Waals surface area contributed by atoms with Gasteiger partial charge in [0.25, 0.3) is 0 Å². The number of hydrogen-bond acceptors (Lipinski definition) is 6. The van der Waals surface area contributed by atoms with E-state index in [1.165, 1.54) is 0 Å². The fourth-order valence-corrected chi connectivity index (χ4v) is 1.44. The smallest absolute Gasteiger partial charge is 0.354 e. The number of aromatic nitrogens is 1. The average Bonchev–Trinajstić information content (AvgIpc) is 2.36. The van der Waals surface area contributed by atoms with Crippen LogP contribution in [0, 0.1) is 16.0 Å². The molecule has 0 aliphatic rings. The van der Waals surface area contributed by atoms with Crippen LogP contribution in [0.1, 0.15) is 23.8 Å². The first kappa shape index (κ1) is 14.8. The van der Waals surface area contributed by atoms with Crippen LogP contribution in [0.25, 0.3) is 0 Å². The van der Waals surface area contributed by atoms with Crippen LogP contribution in [0.5, 0.6) is 0 Å². The minimum atomic E-state index is -1.25. The number of carbonyl (C=O) groups is 1. The quantitative estimate of drug-likeness (QED) is 0.500. The fraction of sp³-hybridized carbons (Fsp3) is 0.455. The van der Waals surface area contributed by atoms with Gasteiger partial charge in [-0.15, -0.1) is 0 Å².